The van der Waals surface area contributed by atoms with E-state index in [9.17, 15) is 10.5 Å². The molecule has 112 valence electrons. The Morgan fingerprint density at radius 1 is 1.18 bits per heavy atom. The van der Waals surface area contributed by atoms with Gasteiger partial charge in [0.2, 0.25) is 0 Å². The number of hydrogen-bond donors (Lipinski definition) is 0. The first-order chi connectivity index (χ1) is 10.6. The van der Waals surface area contributed by atoms with Gasteiger partial charge in [-0.3, -0.25) is 0 Å². The number of allylic oxidation sites excluding steroid dienone is 3. The summed E-state index contributed by atoms with van der Waals surface area (Å²) in [5.74, 6) is 1.24. The van der Waals surface area contributed by atoms with E-state index >= 15 is 0 Å². The molecule has 0 aliphatic heterocycles. The molecule has 1 aliphatic rings. The number of ether oxygens (including phenoxy) is 2. The zero-order valence-corrected chi connectivity index (χ0v) is 12.8. The van der Waals surface area contributed by atoms with Crippen molar-refractivity contribution in [3.05, 3.63) is 48.1 Å². The highest BCUT2D eigenvalue weighted by atomic mass is 16.5. The Kier molecular flexibility index (Phi) is 4.53. The van der Waals surface area contributed by atoms with Crippen LogP contribution in [0.3, 0.4) is 0 Å². The summed E-state index contributed by atoms with van der Waals surface area (Å²) in [6.07, 6.45) is 4.91. The summed E-state index contributed by atoms with van der Waals surface area (Å²) in [5.41, 5.74) is 0.286. The molecule has 1 aromatic carbocycles. The molecule has 0 radical (unpaired) electrons. The third-order valence-electron chi connectivity index (χ3n) is 4.13. The smallest absolute Gasteiger partial charge is 0.168 e. The van der Waals surface area contributed by atoms with Crippen molar-refractivity contribution in [3.8, 4) is 23.6 Å². The van der Waals surface area contributed by atoms with Crippen LogP contribution in [0.2, 0.25) is 0 Å². The molecule has 22 heavy (non-hydrogen) atoms. The minimum Gasteiger partial charge on any atom is -0.497 e. The van der Waals surface area contributed by atoms with Gasteiger partial charge in [0.15, 0.2) is 5.41 Å². The highest BCUT2D eigenvalue weighted by Gasteiger charge is 2.39. The average Bonchev–Trinajstić information content (AvgIpc) is 2.73. The molecule has 2 rings (SSSR count). The van der Waals surface area contributed by atoms with Crippen LogP contribution in [-0.4, -0.2) is 14.2 Å². The van der Waals surface area contributed by atoms with Crippen LogP contribution in [-0.2, 0) is 0 Å². The fraction of sp³-hybridized carbons (Fsp3) is 0.333. The van der Waals surface area contributed by atoms with E-state index in [2.05, 4.69) is 18.7 Å². The summed E-state index contributed by atoms with van der Waals surface area (Å²) in [4.78, 5) is 0. The van der Waals surface area contributed by atoms with E-state index < -0.39 is 5.41 Å². The van der Waals surface area contributed by atoms with Crippen LogP contribution < -0.4 is 9.47 Å². The van der Waals surface area contributed by atoms with E-state index in [1.54, 1.807) is 14.2 Å². The molecule has 0 saturated carbocycles. The van der Waals surface area contributed by atoms with Gasteiger partial charge in [0.25, 0.3) is 0 Å². The summed E-state index contributed by atoms with van der Waals surface area (Å²) in [6, 6.07) is 9.81. The van der Waals surface area contributed by atoms with Crippen LogP contribution >= 0.6 is 0 Å². The number of rotatable bonds is 3. The van der Waals surface area contributed by atoms with Crippen molar-refractivity contribution in [2.24, 2.45) is 5.41 Å². The molecule has 0 N–H and O–H groups in total. The predicted molar refractivity (Wildman–Crippen MR) is 83.5 cm³/mol. The van der Waals surface area contributed by atoms with Gasteiger partial charge in [-0.2, -0.15) is 10.5 Å². The normalized spacial score (nSPS) is 19.6. The fourth-order valence-electron chi connectivity index (χ4n) is 2.75. The predicted octanol–water partition coefficient (Wildman–Crippen LogP) is 3.73. The van der Waals surface area contributed by atoms with E-state index in [-0.39, 0.29) is 5.92 Å². The Balaban J connectivity index is 2.56. The second kappa shape index (κ2) is 6.37. The Hall–Kier alpha value is -2.72. The SMILES string of the molecule is C=C1C(c2cc(OC)ccc2OC)CC=CCC1(C#N)C#N. The number of methoxy groups -OCH3 is 2. The van der Waals surface area contributed by atoms with Gasteiger partial charge in [-0.25, -0.2) is 0 Å². The molecule has 1 atom stereocenters. The highest BCUT2D eigenvalue weighted by Crippen LogP contribution is 2.46. The molecule has 0 spiro atoms. The maximum Gasteiger partial charge on any atom is 0.168 e. The van der Waals surface area contributed by atoms with Crippen LogP contribution in [0.25, 0.3) is 0 Å². The number of hydrogen-bond acceptors (Lipinski definition) is 4. The van der Waals surface area contributed by atoms with E-state index in [0.717, 1.165) is 5.56 Å². The van der Waals surface area contributed by atoms with Crippen LogP contribution in [0, 0.1) is 28.1 Å². The summed E-state index contributed by atoms with van der Waals surface area (Å²) in [6.45, 7) is 4.08. The zero-order chi connectivity index (χ0) is 16.2. The topological polar surface area (TPSA) is 66.0 Å². The van der Waals surface area contributed by atoms with E-state index in [1.165, 1.54) is 0 Å². The van der Waals surface area contributed by atoms with Crippen molar-refractivity contribution in [1.29, 1.82) is 10.5 Å². The molecule has 1 aromatic rings. The molecule has 1 aliphatic carbocycles. The van der Waals surface area contributed by atoms with E-state index in [0.29, 0.717) is 29.9 Å². The van der Waals surface area contributed by atoms with Crippen molar-refractivity contribution in [1.82, 2.24) is 0 Å². The van der Waals surface area contributed by atoms with Crippen LogP contribution in [0.1, 0.15) is 24.3 Å². The van der Waals surface area contributed by atoms with Gasteiger partial charge in [0.05, 0.1) is 26.4 Å². The van der Waals surface area contributed by atoms with Gasteiger partial charge >= 0.3 is 0 Å². The maximum atomic E-state index is 9.51. The van der Waals surface area contributed by atoms with Crippen molar-refractivity contribution >= 4 is 0 Å². The number of nitrogens with zero attached hydrogens (tertiary/aromatic N) is 2. The van der Waals surface area contributed by atoms with E-state index in [4.69, 9.17) is 9.47 Å². The second-order valence-corrected chi connectivity index (χ2v) is 5.23. The number of nitriles is 2. The first-order valence-corrected chi connectivity index (χ1v) is 7.00. The molecule has 0 heterocycles. The molecular weight excluding hydrogens is 276 g/mol. The van der Waals surface area contributed by atoms with E-state index in [1.807, 2.05) is 30.4 Å². The lowest BCUT2D eigenvalue weighted by Gasteiger charge is -2.26. The third-order valence-corrected chi connectivity index (χ3v) is 4.13. The fourth-order valence-corrected chi connectivity index (χ4v) is 2.75. The van der Waals surface area contributed by atoms with Gasteiger partial charge in [0.1, 0.15) is 11.5 Å². The summed E-state index contributed by atoms with van der Waals surface area (Å²) in [7, 11) is 3.20. The van der Waals surface area contributed by atoms with Gasteiger partial charge < -0.3 is 9.47 Å². The minimum atomic E-state index is -1.20. The van der Waals surface area contributed by atoms with Crippen LogP contribution in [0.15, 0.2) is 42.5 Å². The Labute approximate surface area is 130 Å². The molecule has 4 heteroatoms. The minimum absolute atomic E-state index is 0.164. The lowest BCUT2D eigenvalue weighted by atomic mass is 9.73. The Morgan fingerprint density at radius 2 is 1.91 bits per heavy atom. The molecule has 4 nitrogen and oxygen atoms in total. The second-order valence-electron chi connectivity index (χ2n) is 5.23. The zero-order valence-electron chi connectivity index (χ0n) is 12.8. The molecule has 0 amide bonds. The summed E-state index contributed by atoms with van der Waals surface area (Å²) in [5, 5.41) is 19.0. The van der Waals surface area contributed by atoms with Gasteiger partial charge in [-0.1, -0.05) is 18.7 Å². The largest absolute Gasteiger partial charge is 0.497 e. The highest BCUT2D eigenvalue weighted by molar-refractivity contribution is 5.49. The van der Waals surface area contributed by atoms with Crippen molar-refractivity contribution in [2.75, 3.05) is 14.2 Å². The molecule has 0 fully saturated rings. The average molecular weight is 294 g/mol. The lowest BCUT2D eigenvalue weighted by Crippen LogP contribution is -2.21. The standard InChI is InChI=1S/C18H18N2O2/c1-13-15(6-4-5-9-18(13,11-19)12-20)16-10-14(21-2)7-8-17(16)22-3/h4-5,7-8,10,15H,1,6,9H2,2-3H3. The molecule has 0 aromatic heterocycles. The summed E-state index contributed by atoms with van der Waals surface area (Å²) >= 11 is 0. The lowest BCUT2D eigenvalue weighted by molar-refractivity contribution is 0.395. The van der Waals surface area contributed by atoms with Gasteiger partial charge in [-0.05, 0) is 30.2 Å². The molecule has 0 bridgehead atoms. The molecule has 0 saturated heterocycles. The summed E-state index contributed by atoms with van der Waals surface area (Å²) < 4.78 is 10.7. The molecule has 1 unspecified atom stereocenters. The quantitative estimate of drug-likeness (QED) is 0.797. The first kappa shape index (κ1) is 15.7. The van der Waals surface area contributed by atoms with Crippen LogP contribution in [0.5, 0.6) is 11.5 Å². The monoisotopic (exact) mass is 294 g/mol. The van der Waals surface area contributed by atoms with Gasteiger partial charge in [0, 0.05) is 17.9 Å². The first-order valence-electron chi connectivity index (χ1n) is 7.00. The third kappa shape index (κ3) is 2.56. The Bertz CT molecular complexity index is 678. The molecular formula is C18H18N2O2. The van der Waals surface area contributed by atoms with Gasteiger partial charge in [-0.15, -0.1) is 0 Å². The van der Waals surface area contributed by atoms with Crippen molar-refractivity contribution < 1.29 is 9.47 Å². The number of benzene rings is 1. The van der Waals surface area contributed by atoms with Crippen molar-refractivity contribution in [2.45, 2.75) is 18.8 Å². The van der Waals surface area contributed by atoms with Crippen molar-refractivity contribution in [3.63, 3.8) is 0 Å². The maximum absolute atomic E-state index is 9.51. The Morgan fingerprint density at radius 3 is 2.50 bits per heavy atom. The van der Waals surface area contributed by atoms with Crippen LogP contribution in [0.4, 0.5) is 0 Å².